The van der Waals surface area contributed by atoms with Gasteiger partial charge in [-0.2, -0.15) is 0 Å². The number of carbonyl (C=O) groups is 1. The summed E-state index contributed by atoms with van der Waals surface area (Å²) in [6, 6.07) is 10.0. The first-order valence-corrected chi connectivity index (χ1v) is 10.1. The minimum absolute atomic E-state index is 0.0354. The lowest BCUT2D eigenvalue weighted by atomic mass is 9.97. The van der Waals surface area contributed by atoms with Crippen LogP contribution in [-0.2, 0) is 20.7 Å². The Hall–Kier alpha value is -2.35. The van der Waals surface area contributed by atoms with Crippen molar-refractivity contribution >= 4 is 5.91 Å². The van der Waals surface area contributed by atoms with Crippen molar-refractivity contribution in [3.05, 3.63) is 65.7 Å². The molecule has 2 fully saturated rings. The summed E-state index contributed by atoms with van der Waals surface area (Å²) in [4.78, 5) is 21.6. The number of carbonyl (C=O) groups excluding carboxylic acids is 1. The summed E-state index contributed by atoms with van der Waals surface area (Å²) in [7, 11) is 0. The molecule has 0 bridgehead atoms. The van der Waals surface area contributed by atoms with Crippen LogP contribution in [0.4, 0.5) is 4.39 Å². The molecule has 29 heavy (non-hydrogen) atoms. The van der Waals surface area contributed by atoms with E-state index in [1.807, 2.05) is 17.0 Å². The highest BCUT2D eigenvalue weighted by atomic mass is 19.1. The van der Waals surface area contributed by atoms with Gasteiger partial charge in [-0.15, -0.1) is 0 Å². The Labute approximate surface area is 170 Å². The zero-order chi connectivity index (χ0) is 20.1. The first-order chi connectivity index (χ1) is 14.2. The SMILES string of the molecule is O=C(Cc1ccccc1F)N1CCO[C@@H](CN2CCOCC2)[C@@H]1c1cccnc1. The maximum atomic E-state index is 14.1. The summed E-state index contributed by atoms with van der Waals surface area (Å²) >= 11 is 0. The molecule has 4 rings (SSSR count). The van der Waals surface area contributed by atoms with E-state index in [0.717, 1.165) is 18.7 Å². The van der Waals surface area contributed by atoms with Crippen LogP contribution in [0.5, 0.6) is 0 Å². The number of aromatic nitrogens is 1. The van der Waals surface area contributed by atoms with Gasteiger partial charge in [-0.3, -0.25) is 14.7 Å². The molecule has 2 aromatic rings. The van der Waals surface area contributed by atoms with Gasteiger partial charge in [-0.1, -0.05) is 24.3 Å². The summed E-state index contributed by atoms with van der Waals surface area (Å²) in [6.45, 7) is 4.78. The molecule has 154 valence electrons. The van der Waals surface area contributed by atoms with E-state index < -0.39 is 0 Å². The third-order valence-electron chi connectivity index (χ3n) is 5.54. The lowest BCUT2D eigenvalue weighted by Crippen LogP contribution is -2.53. The van der Waals surface area contributed by atoms with Crippen molar-refractivity contribution in [3.63, 3.8) is 0 Å². The summed E-state index contributed by atoms with van der Waals surface area (Å²) in [5, 5.41) is 0. The molecule has 2 aliphatic heterocycles. The van der Waals surface area contributed by atoms with Crippen LogP contribution >= 0.6 is 0 Å². The minimum atomic E-state index is -0.350. The first kappa shape index (κ1) is 19.9. The average Bonchev–Trinajstić information content (AvgIpc) is 2.76. The van der Waals surface area contributed by atoms with E-state index in [1.54, 1.807) is 30.6 Å². The number of hydrogen-bond acceptors (Lipinski definition) is 5. The number of morpholine rings is 2. The summed E-state index contributed by atoms with van der Waals surface area (Å²) in [6.07, 6.45) is 3.37. The molecule has 1 aromatic carbocycles. The van der Waals surface area contributed by atoms with E-state index in [0.29, 0.717) is 38.5 Å². The largest absolute Gasteiger partial charge is 0.379 e. The molecule has 2 atom stereocenters. The Kier molecular flexibility index (Phi) is 6.49. The predicted molar refractivity (Wildman–Crippen MR) is 106 cm³/mol. The van der Waals surface area contributed by atoms with E-state index in [-0.39, 0.29) is 30.3 Å². The van der Waals surface area contributed by atoms with Crippen molar-refractivity contribution in [1.29, 1.82) is 0 Å². The zero-order valence-electron chi connectivity index (χ0n) is 16.4. The molecule has 3 heterocycles. The molecule has 6 nitrogen and oxygen atoms in total. The maximum absolute atomic E-state index is 14.1. The van der Waals surface area contributed by atoms with E-state index in [4.69, 9.17) is 9.47 Å². The number of halogens is 1. The predicted octanol–water partition coefficient (Wildman–Crippen LogP) is 2.06. The van der Waals surface area contributed by atoms with Gasteiger partial charge in [0.2, 0.25) is 5.91 Å². The topological polar surface area (TPSA) is 54.9 Å². The quantitative estimate of drug-likeness (QED) is 0.771. The highest BCUT2D eigenvalue weighted by molar-refractivity contribution is 5.79. The summed E-state index contributed by atoms with van der Waals surface area (Å²) < 4.78 is 25.7. The second kappa shape index (κ2) is 9.43. The van der Waals surface area contributed by atoms with Crippen LogP contribution in [0.2, 0.25) is 0 Å². The van der Waals surface area contributed by atoms with Crippen molar-refractivity contribution < 1.29 is 18.7 Å². The highest BCUT2D eigenvalue weighted by Gasteiger charge is 2.37. The second-order valence-electron chi connectivity index (χ2n) is 7.41. The number of ether oxygens (including phenoxy) is 2. The monoisotopic (exact) mass is 399 g/mol. The fraction of sp³-hybridized carbons (Fsp3) is 0.455. The second-order valence-corrected chi connectivity index (χ2v) is 7.41. The molecule has 7 heteroatoms. The number of hydrogen-bond donors (Lipinski definition) is 0. The normalized spacial score (nSPS) is 23.1. The Morgan fingerprint density at radius 2 is 1.93 bits per heavy atom. The zero-order valence-corrected chi connectivity index (χ0v) is 16.4. The van der Waals surface area contributed by atoms with Crippen LogP contribution < -0.4 is 0 Å². The molecule has 0 saturated carbocycles. The van der Waals surface area contributed by atoms with Crippen molar-refractivity contribution in [2.45, 2.75) is 18.6 Å². The summed E-state index contributed by atoms with van der Waals surface area (Å²) in [5.74, 6) is -0.448. The van der Waals surface area contributed by atoms with Gasteiger partial charge in [-0.25, -0.2) is 4.39 Å². The Balaban J connectivity index is 1.57. The molecule has 2 aliphatic rings. The third-order valence-corrected chi connectivity index (χ3v) is 5.54. The number of benzene rings is 1. The molecule has 1 amide bonds. The molecule has 0 unspecified atom stereocenters. The fourth-order valence-corrected chi connectivity index (χ4v) is 4.06. The van der Waals surface area contributed by atoms with Crippen LogP contribution in [0.25, 0.3) is 0 Å². The highest BCUT2D eigenvalue weighted by Crippen LogP contribution is 2.31. The number of pyridine rings is 1. The molecule has 2 saturated heterocycles. The molecule has 0 aliphatic carbocycles. The van der Waals surface area contributed by atoms with Gasteiger partial charge in [0, 0.05) is 38.6 Å². The maximum Gasteiger partial charge on any atom is 0.227 e. The van der Waals surface area contributed by atoms with Gasteiger partial charge in [0.05, 0.1) is 38.4 Å². The number of amides is 1. The van der Waals surface area contributed by atoms with E-state index in [9.17, 15) is 9.18 Å². The van der Waals surface area contributed by atoms with Crippen LogP contribution in [0.15, 0.2) is 48.8 Å². The standard InChI is InChI=1S/C22H26FN3O3/c23-19-6-2-1-4-17(19)14-21(27)26-10-13-29-20(16-25-8-11-28-12-9-25)22(26)18-5-3-7-24-15-18/h1-7,15,20,22H,8-14,16H2/t20-,22-/m0/s1. The Bertz CT molecular complexity index is 814. The van der Waals surface area contributed by atoms with Crippen molar-refractivity contribution in [2.24, 2.45) is 0 Å². The fourth-order valence-electron chi connectivity index (χ4n) is 4.06. The van der Waals surface area contributed by atoms with Gasteiger partial charge in [0.25, 0.3) is 0 Å². The van der Waals surface area contributed by atoms with Crippen LogP contribution in [0.1, 0.15) is 17.2 Å². The van der Waals surface area contributed by atoms with Crippen molar-refractivity contribution in [2.75, 3.05) is 46.0 Å². The number of nitrogens with zero attached hydrogens (tertiary/aromatic N) is 3. The van der Waals surface area contributed by atoms with Crippen LogP contribution in [0.3, 0.4) is 0 Å². The van der Waals surface area contributed by atoms with E-state index in [1.165, 1.54) is 6.07 Å². The van der Waals surface area contributed by atoms with Crippen molar-refractivity contribution in [1.82, 2.24) is 14.8 Å². The third kappa shape index (κ3) is 4.80. The van der Waals surface area contributed by atoms with Gasteiger partial charge >= 0.3 is 0 Å². The average molecular weight is 399 g/mol. The van der Waals surface area contributed by atoms with Crippen molar-refractivity contribution in [3.8, 4) is 0 Å². The Morgan fingerprint density at radius 1 is 1.10 bits per heavy atom. The van der Waals surface area contributed by atoms with Gasteiger partial charge in [0.15, 0.2) is 0 Å². The van der Waals surface area contributed by atoms with E-state index >= 15 is 0 Å². The lowest BCUT2D eigenvalue weighted by molar-refractivity contribution is -0.148. The molecule has 0 spiro atoms. The first-order valence-electron chi connectivity index (χ1n) is 10.1. The van der Waals surface area contributed by atoms with Gasteiger partial charge in [-0.05, 0) is 23.3 Å². The van der Waals surface area contributed by atoms with Gasteiger partial charge < -0.3 is 14.4 Å². The summed E-state index contributed by atoms with van der Waals surface area (Å²) in [5.41, 5.74) is 1.35. The van der Waals surface area contributed by atoms with Crippen LogP contribution in [-0.4, -0.2) is 72.8 Å². The molecule has 1 aromatic heterocycles. The Morgan fingerprint density at radius 3 is 2.69 bits per heavy atom. The minimum Gasteiger partial charge on any atom is -0.379 e. The smallest absolute Gasteiger partial charge is 0.227 e. The van der Waals surface area contributed by atoms with Gasteiger partial charge in [0.1, 0.15) is 5.82 Å². The van der Waals surface area contributed by atoms with Crippen LogP contribution in [0, 0.1) is 5.82 Å². The van der Waals surface area contributed by atoms with E-state index in [2.05, 4.69) is 9.88 Å². The number of rotatable bonds is 5. The molecule has 0 radical (unpaired) electrons. The molecular formula is C22H26FN3O3. The lowest BCUT2D eigenvalue weighted by Gasteiger charge is -2.43. The molecule has 0 N–H and O–H groups in total. The molecular weight excluding hydrogens is 373 g/mol.